The van der Waals surface area contributed by atoms with Gasteiger partial charge in [-0.3, -0.25) is 4.79 Å². The van der Waals surface area contributed by atoms with Crippen molar-refractivity contribution in [3.05, 3.63) is 60.7 Å². The smallest absolute Gasteiger partial charge is 0.348 e. The Bertz CT molecular complexity index is 658. The fourth-order valence-electron chi connectivity index (χ4n) is 2.03. The van der Waals surface area contributed by atoms with Crippen LogP contribution in [-0.2, 0) is 14.3 Å². The molecule has 0 aliphatic rings. The number of anilines is 1. The molecular formula is C19H21NO4. The number of rotatable bonds is 7. The van der Waals surface area contributed by atoms with E-state index in [2.05, 4.69) is 5.32 Å². The second-order valence-electron chi connectivity index (χ2n) is 5.26. The van der Waals surface area contributed by atoms with Crippen LogP contribution in [-0.4, -0.2) is 24.1 Å². The number of amides is 1. The highest BCUT2D eigenvalue weighted by Gasteiger charge is 2.25. The van der Waals surface area contributed by atoms with E-state index in [0.29, 0.717) is 17.9 Å². The predicted octanol–water partition coefficient (Wildman–Crippen LogP) is 3.41. The lowest BCUT2D eigenvalue weighted by molar-refractivity contribution is -0.160. The zero-order valence-electron chi connectivity index (χ0n) is 13.8. The summed E-state index contributed by atoms with van der Waals surface area (Å²) in [6.07, 6.45) is -1.22. The number of carbonyl (C=O) groups excluding carboxylic acids is 2. The molecular weight excluding hydrogens is 306 g/mol. The van der Waals surface area contributed by atoms with E-state index in [0.717, 1.165) is 0 Å². The lowest BCUT2D eigenvalue weighted by Crippen LogP contribution is -2.36. The number of para-hydroxylation sites is 2. The molecule has 0 spiro atoms. The van der Waals surface area contributed by atoms with Crippen molar-refractivity contribution in [2.75, 3.05) is 5.32 Å². The summed E-state index contributed by atoms with van der Waals surface area (Å²) < 4.78 is 10.9. The van der Waals surface area contributed by atoms with Gasteiger partial charge in [-0.05, 0) is 37.6 Å². The Balaban J connectivity index is 1.90. The summed E-state index contributed by atoms with van der Waals surface area (Å²) in [5.41, 5.74) is 0.651. The van der Waals surface area contributed by atoms with Crippen LogP contribution in [0.25, 0.3) is 0 Å². The van der Waals surface area contributed by atoms with Gasteiger partial charge in [0.25, 0.3) is 5.91 Å². The molecule has 2 aromatic rings. The first-order valence-electron chi connectivity index (χ1n) is 7.88. The summed E-state index contributed by atoms with van der Waals surface area (Å²) in [6, 6.07) is 18.0. The summed E-state index contributed by atoms with van der Waals surface area (Å²) in [5.74, 6) is -0.358. The molecule has 1 N–H and O–H groups in total. The van der Waals surface area contributed by atoms with E-state index in [9.17, 15) is 9.59 Å². The molecule has 2 rings (SSSR count). The van der Waals surface area contributed by atoms with Crippen LogP contribution in [0.1, 0.15) is 20.3 Å². The van der Waals surface area contributed by atoms with Crippen LogP contribution < -0.4 is 10.1 Å². The summed E-state index contributed by atoms with van der Waals surface area (Å²) in [7, 11) is 0. The lowest BCUT2D eigenvalue weighted by Gasteiger charge is -2.19. The third kappa shape index (κ3) is 5.12. The third-order valence-corrected chi connectivity index (χ3v) is 3.36. The highest BCUT2D eigenvalue weighted by Crippen LogP contribution is 2.14. The van der Waals surface area contributed by atoms with Crippen LogP contribution in [0.4, 0.5) is 5.69 Å². The Hall–Kier alpha value is -2.82. The second kappa shape index (κ2) is 8.72. The maximum Gasteiger partial charge on any atom is 0.348 e. The van der Waals surface area contributed by atoms with Crippen molar-refractivity contribution in [3.63, 3.8) is 0 Å². The Kier molecular flexibility index (Phi) is 6.37. The van der Waals surface area contributed by atoms with Crippen molar-refractivity contribution < 1.29 is 19.1 Å². The maximum absolute atomic E-state index is 12.2. The summed E-state index contributed by atoms with van der Waals surface area (Å²) in [5, 5.41) is 2.70. The van der Waals surface area contributed by atoms with Gasteiger partial charge in [0.2, 0.25) is 0 Å². The van der Waals surface area contributed by atoms with Gasteiger partial charge in [-0.25, -0.2) is 4.79 Å². The highest BCUT2D eigenvalue weighted by atomic mass is 16.6. The van der Waals surface area contributed by atoms with Crippen molar-refractivity contribution >= 4 is 17.6 Å². The van der Waals surface area contributed by atoms with Crippen LogP contribution in [0.3, 0.4) is 0 Å². The largest absolute Gasteiger partial charge is 0.479 e. The van der Waals surface area contributed by atoms with Gasteiger partial charge in [0, 0.05) is 5.69 Å². The molecule has 0 unspecified atom stereocenters. The molecule has 126 valence electrons. The molecule has 0 heterocycles. The van der Waals surface area contributed by atoms with Crippen LogP contribution >= 0.6 is 0 Å². The van der Waals surface area contributed by atoms with Gasteiger partial charge in [-0.2, -0.15) is 0 Å². The number of esters is 1. The lowest BCUT2D eigenvalue weighted by atomic mass is 10.2. The number of nitrogens with one attached hydrogen (secondary N) is 1. The first kappa shape index (κ1) is 17.5. The molecule has 0 fully saturated rings. The van der Waals surface area contributed by atoms with Crippen molar-refractivity contribution in [1.29, 1.82) is 0 Å². The van der Waals surface area contributed by atoms with Crippen LogP contribution in [0.15, 0.2) is 60.7 Å². The number of benzene rings is 2. The zero-order valence-corrected chi connectivity index (χ0v) is 13.8. The molecule has 0 aromatic heterocycles. The molecule has 24 heavy (non-hydrogen) atoms. The molecule has 0 radical (unpaired) electrons. The van der Waals surface area contributed by atoms with Gasteiger partial charge in [0.1, 0.15) is 5.75 Å². The van der Waals surface area contributed by atoms with Crippen molar-refractivity contribution in [3.8, 4) is 5.75 Å². The average molecular weight is 327 g/mol. The molecule has 0 saturated heterocycles. The molecule has 1 amide bonds. The number of carbonyl (C=O) groups is 2. The molecule has 2 atom stereocenters. The van der Waals surface area contributed by atoms with E-state index in [-0.39, 0.29) is 5.91 Å². The fraction of sp³-hybridized carbons (Fsp3) is 0.263. The maximum atomic E-state index is 12.2. The summed E-state index contributed by atoms with van der Waals surface area (Å²) in [4.78, 5) is 24.3. The molecule has 0 aliphatic heterocycles. The molecule has 5 nitrogen and oxygen atoms in total. The van der Waals surface area contributed by atoms with Gasteiger partial charge in [0.15, 0.2) is 12.2 Å². The molecule has 2 aromatic carbocycles. The topological polar surface area (TPSA) is 64.6 Å². The average Bonchev–Trinajstić information content (AvgIpc) is 2.61. The first-order valence-corrected chi connectivity index (χ1v) is 7.88. The molecule has 0 aliphatic carbocycles. The van der Waals surface area contributed by atoms with E-state index < -0.39 is 18.2 Å². The monoisotopic (exact) mass is 327 g/mol. The van der Waals surface area contributed by atoms with Crippen molar-refractivity contribution in [1.82, 2.24) is 0 Å². The van der Waals surface area contributed by atoms with Gasteiger partial charge in [-0.15, -0.1) is 0 Å². The molecule has 5 heteroatoms. The predicted molar refractivity (Wildman–Crippen MR) is 91.8 cm³/mol. The van der Waals surface area contributed by atoms with Crippen LogP contribution in [0, 0.1) is 0 Å². The quantitative estimate of drug-likeness (QED) is 0.792. The number of ether oxygens (including phenoxy) is 2. The second-order valence-corrected chi connectivity index (χ2v) is 5.26. The normalized spacial score (nSPS) is 12.8. The molecule has 0 bridgehead atoms. The molecule has 0 saturated carbocycles. The first-order chi connectivity index (χ1) is 11.6. The van der Waals surface area contributed by atoms with Crippen LogP contribution in [0.2, 0.25) is 0 Å². The van der Waals surface area contributed by atoms with E-state index in [1.807, 2.05) is 43.3 Å². The summed E-state index contributed by atoms with van der Waals surface area (Å²) in [6.45, 7) is 3.36. The Labute approximate surface area is 141 Å². The fourth-order valence-corrected chi connectivity index (χ4v) is 2.03. The standard InChI is InChI=1S/C19H21NO4/c1-3-17(24-16-12-8-5-9-13-16)19(22)23-14(2)18(21)20-15-10-6-4-7-11-15/h4-14,17H,3H2,1-2H3,(H,20,21)/t14-,17+/m0/s1. The van der Waals surface area contributed by atoms with E-state index >= 15 is 0 Å². The number of hydrogen-bond acceptors (Lipinski definition) is 4. The van der Waals surface area contributed by atoms with Crippen LogP contribution in [0.5, 0.6) is 5.75 Å². The van der Waals surface area contributed by atoms with Crippen molar-refractivity contribution in [2.24, 2.45) is 0 Å². The van der Waals surface area contributed by atoms with Gasteiger partial charge >= 0.3 is 5.97 Å². The Morgan fingerprint density at radius 3 is 2.17 bits per heavy atom. The Morgan fingerprint density at radius 2 is 1.58 bits per heavy atom. The van der Waals surface area contributed by atoms with E-state index in [4.69, 9.17) is 9.47 Å². The van der Waals surface area contributed by atoms with Gasteiger partial charge in [0.05, 0.1) is 0 Å². The zero-order chi connectivity index (χ0) is 17.4. The highest BCUT2D eigenvalue weighted by molar-refractivity contribution is 5.95. The summed E-state index contributed by atoms with van der Waals surface area (Å²) >= 11 is 0. The minimum Gasteiger partial charge on any atom is -0.479 e. The van der Waals surface area contributed by atoms with Gasteiger partial charge in [-0.1, -0.05) is 43.3 Å². The third-order valence-electron chi connectivity index (χ3n) is 3.36. The van der Waals surface area contributed by atoms with Crippen molar-refractivity contribution in [2.45, 2.75) is 32.5 Å². The van der Waals surface area contributed by atoms with Gasteiger partial charge < -0.3 is 14.8 Å². The van der Waals surface area contributed by atoms with E-state index in [1.165, 1.54) is 6.92 Å². The number of hydrogen-bond donors (Lipinski definition) is 1. The minimum absolute atomic E-state index is 0.385. The minimum atomic E-state index is -0.911. The van der Waals surface area contributed by atoms with E-state index in [1.54, 1.807) is 24.3 Å². The Morgan fingerprint density at radius 1 is 1.00 bits per heavy atom. The SMILES string of the molecule is CC[C@@H](Oc1ccccc1)C(=O)O[C@@H](C)C(=O)Nc1ccccc1.